The summed E-state index contributed by atoms with van der Waals surface area (Å²) in [6, 6.07) is 6.81. The van der Waals surface area contributed by atoms with Crippen LogP contribution in [0.1, 0.15) is 25.1 Å². The molecule has 1 unspecified atom stereocenters. The summed E-state index contributed by atoms with van der Waals surface area (Å²) in [5, 5.41) is 8.84. The van der Waals surface area contributed by atoms with Crippen LogP contribution in [0, 0.1) is 17.7 Å². The number of carbonyl (C=O) groups excluding carboxylic acids is 1. The first-order valence-corrected chi connectivity index (χ1v) is 14.9. The van der Waals surface area contributed by atoms with Crippen LogP contribution in [0.25, 0.3) is 27.6 Å². The first kappa shape index (κ1) is 25.7. The van der Waals surface area contributed by atoms with E-state index < -0.39 is 15.5 Å². The van der Waals surface area contributed by atoms with Gasteiger partial charge in [0, 0.05) is 71.5 Å². The molecular weight excluding hydrogens is 561 g/mol. The van der Waals surface area contributed by atoms with Crippen LogP contribution in [0.15, 0.2) is 45.6 Å². The molecule has 4 aromatic rings. The number of fused-ring (bicyclic) bond motifs is 2. The highest BCUT2D eigenvalue weighted by Crippen LogP contribution is 2.33. The Bertz CT molecular complexity index is 1620. The van der Waals surface area contributed by atoms with Crippen molar-refractivity contribution in [3.8, 4) is 5.69 Å². The fourth-order valence-corrected chi connectivity index (χ4v) is 5.90. The second-order valence-corrected chi connectivity index (χ2v) is 12.9. The maximum atomic E-state index is 14.7. The Kier molecular flexibility index (Phi) is 7.21. The van der Waals surface area contributed by atoms with Gasteiger partial charge in [-0.05, 0) is 53.2 Å². The largest absolute Gasteiger partial charge is 0.355 e. The molecule has 194 valence electrons. The van der Waals surface area contributed by atoms with Crippen molar-refractivity contribution in [2.45, 2.75) is 25.7 Å². The van der Waals surface area contributed by atoms with Gasteiger partial charge in [0.15, 0.2) is 11.5 Å². The zero-order valence-corrected chi connectivity index (χ0v) is 22.9. The number of rotatable bonds is 7. The smallest absolute Gasteiger partial charge is 0.223 e. The lowest BCUT2D eigenvalue weighted by Gasteiger charge is -2.12. The number of nitrogens with one attached hydrogen (secondary N) is 1. The number of aromatic nitrogens is 5. The quantitative estimate of drug-likeness (QED) is 0.348. The van der Waals surface area contributed by atoms with E-state index >= 15 is 0 Å². The number of benzene rings is 1. The number of pyridine rings is 1. The topological polar surface area (TPSA) is 115 Å². The third kappa shape index (κ3) is 5.49. The standard InChI is InChI=1S/C25H27BrFN7O2S/c1-28-37(2,36)9-8-30-25(35)17-6-5-15(10-17)11-21-31-14-19-23(26)33-34(24(19)32-21)18-12-16-4-3-7-29-22(16)20(27)13-18/h3-4,7,12-15,17H,5-6,8-11H2,1-2H3,(H,30,35)/t15-,17-,37?/m1/s1. The molecule has 5 rings (SSSR count). The normalized spacial score (nSPS) is 19.2. The molecule has 9 nitrogen and oxygen atoms in total. The Morgan fingerprint density at radius 3 is 2.97 bits per heavy atom. The maximum absolute atomic E-state index is 14.7. The molecule has 0 aliphatic heterocycles. The van der Waals surface area contributed by atoms with Gasteiger partial charge < -0.3 is 5.32 Å². The van der Waals surface area contributed by atoms with Crippen molar-refractivity contribution in [1.82, 2.24) is 30.0 Å². The van der Waals surface area contributed by atoms with Crippen molar-refractivity contribution in [2.75, 3.05) is 25.6 Å². The minimum Gasteiger partial charge on any atom is -0.355 e. The average Bonchev–Trinajstić information content (AvgIpc) is 3.48. The van der Waals surface area contributed by atoms with Gasteiger partial charge >= 0.3 is 0 Å². The Balaban J connectivity index is 1.32. The van der Waals surface area contributed by atoms with E-state index in [2.05, 4.69) is 40.7 Å². The Morgan fingerprint density at radius 1 is 1.32 bits per heavy atom. The number of nitrogens with zero attached hydrogens (tertiary/aromatic N) is 6. The number of amides is 1. The molecule has 12 heteroatoms. The third-order valence-corrected chi connectivity index (χ3v) is 9.19. The molecule has 3 heterocycles. The van der Waals surface area contributed by atoms with Gasteiger partial charge in [-0.3, -0.25) is 9.78 Å². The van der Waals surface area contributed by atoms with E-state index in [4.69, 9.17) is 4.98 Å². The Hall–Kier alpha value is -2.99. The molecule has 1 saturated carbocycles. The first-order valence-electron chi connectivity index (χ1n) is 12.0. The lowest BCUT2D eigenvalue weighted by molar-refractivity contribution is -0.124. The molecule has 1 aliphatic rings. The Labute approximate surface area is 222 Å². The van der Waals surface area contributed by atoms with Crippen molar-refractivity contribution in [2.24, 2.45) is 16.2 Å². The molecule has 37 heavy (non-hydrogen) atoms. The fraction of sp³-hybridized carbons (Fsp3) is 0.400. The highest BCUT2D eigenvalue weighted by Gasteiger charge is 2.30. The summed E-state index contributed by atoms with van der Waals surface area (Å²) in [6.45, 7) is 0.358. The van der Waals surface area contributed by atoms with Gasteiger partial charge in [-0.15, -0.1) is 0 Å². The van der Waals surface area contributed by atoms with Crippen LogP contribution in [-0.2, 0) is 20.9 Å². The predicted molar refractivity (Wildman–Crippen MR) is 144 cm³/mol. The van der Waals surface area contributed by atoms with Gasteiger partial charge in [0.2, 0.25) is 5.91 Å². The summed E-state index contributed by atoms with van der Waals surface area (Å²) < 4.78 is 32.8. The number of halogens is 2. The van der Waals surface area contributed by atoms with Crippen molar-refractivity contribution in [3.63, 3.8) is 0 Å². The monoisotopic (exact) mass is 587 g/mol. The molecule has 1 amide bonds. The molecule has 1 aliphatic carbocycles. The van der Waals surface area contributed by atoms with Gasteiger partial charge in [-0.2, -0.15) is 5.10 Å². The van der Waals surface area contributed by atoms with E-state index in [1.54, 1.807) is 29.4 Å². The molecule has 1 fully saturated rings. The van der Waals surface area contributed by atoms with E-state index in [9.17, 15) is 13.4 Å². The van der Waals surface area contributed by atoms with Crippen LogP contribution in [0.2, 0.25) is 0 Å². The van der Waals surface area contributed by atoms with Crippen LogP contribution in [0.3, 0.4) is 0 Å². The lowest BCUT2D eigenvalue weighted by Crippen LogP contribution is -2.33. The highest BCUT2D eigenvalue weighted by atomic mass is 79.9. The molecule has 3 aromatic heterocycles. The maximum Gasteiger partial charge on any atom is 0.223 e. The first-order chi connectivity index (χ1) is 17.7. The summed E-state index contributed by atoms with van der Waals surface area (Å²) in [7, 11) is -0.698. The van der Waals surface area contributed by atoms with E-state index in [0.717, 1.165) is 24.6 Å². The lowest BCUT2D eigenvalue weighted by atomic mass is 10.0. The minimum atomic E-state index is -2.23. The fourth-order valence-electron chi connectivity index (χ4n) is 4.79. The zero-order chi connectivity index (χ0) is 26.2. The molecule has 1 N–H and O–H groups in total. The van der Waals surface area contributed by atoms with E-state index in [0.29, 0.717) is 51.4 Å². The van der Waals surface area contributed by atoms with E-state index in [1.165, 1.54) is 13.1 Å². The molecule has 0 radical (unpaired) electrons. The highest BCUT2D eigenvalue weighted by molar-refractivity contribution is 9.10. The molecule has 3 atom stereocenters. The third-order valence-electron chi connectivity index (χ3n) is 6.87. The van der Waals surface area contributed by atoms with Crippen LogP contribution < -0.4 is 5.32 Å². The second-order valence-electron chi connectivity index (χ2n) is 9.45. The van der Waals surface area contributed by atoms with Crippen LogP contribution in [0.5, 0.6) is 0 Å². The van der Waals surface area contributed by atoms with Crippen molar-refractivity contribution in [3.05, 3.63) is 52.9 Å². The van der Waals surface area contributed by atoms with E-state index in [-0.39, 0.29) is 17.7 Å². The molecular formula is C25H27BrFN7O2S. The van der Waals surface area contributed by atoms with Gasteiger partial charge in [0.1, 0.15) is 15.9 Å². The average molecular weight is 589 g/mol. The van der Waals surface area contributed by atoms with Gasteiger partial charge in [0.25, 0.3) is 0 Å². The predicted octanol–water partition coefficient (Wildman–Crippen LogP) is 4.07. The SMILES string of the molecule is CN=S(C)(=O)CCNC(=O)[C@@H]1CC[C@@H](Cc2ncc3c(Br)nn(-c4cc(F)c5ncccc5c4)c3n2)C1. The van der Waals surface area contributed by atoms with Crippen molar-refractivity contribution >= 4 is 53.5 Å². The van der Waals surface area contributed by atoms with Crippen LogP contribution in [0.4, 0.5) is 4.39 Å². The zero-order valence-electron chi connectivity index (χ0n) is 20.5. The Morgan fingerprint density at radius 2 is 2.16 bits per heavy atom. The summed E-state index contributed by atoms with van der Waals surface area (Å²) >= 11 is 3.47. The molecule has 1 aromatic carbocycles. The van der Waals surface area contributed by atoms with Crippen molar-refractivity contribution < 1.29 is 13.4 Å². The number of carbonyl (C=O) groups is 1. The summed E-state index contributed by atoms with van der Waals surface area (Å²) in [5.74, 6) is 0.778. The minimum absolute atomic E-state index is 0.000000970. The number of hydrogen-bond donors (Lipinski definition) is 1. The van der Waals surface area contributed by atoms with Crippen LogP contribution >= 0.6 is 15.9 Å². The van der Waals surface area contributed by atoms with Crippen LogP contribution in [-0.4, -0.2) is 60.4 Å². The van der Waals surface area contributed by atoms with E-state index in [1.807, 2.05) is 12.1 Å². The van der Waals surface area contributed by atoms with Crippen molar-refractivity contribution in [1.29, 1.82) is 0 Å². The van der Waals surface area contributed by atoms with Gasteiger partial charge in [-0.1, -0.05) is 6.07 Å². The summed E-state index contributed by atoms with van der Waals surface area (Å²) in [6.07, 6.45) is 7.97. The van der Waals surface area contributed by atoms with Gasteiger partial charge in [0.05, 0.1) is 11.1 Å². The van der Waals surface area contributed by atoms with Gasteiger partial charge in [-0.25, -0.2) is 27.6 Å². The summed E-state index contributed by atoms with van der Waals surface area (Å²) in [4.78, 5) is 26.0. The molecule has 0 saturated heterocycles. The number of hydrogen-bond acceptors (Lipinski definition) is 7. The summed E-state index contributed by atoms with van der Waals surface area (Å²) in [5.41, 5.74) is 1.43. The molecule has 0 spiro atoms. The second kappa shape index (κ2) is 10.4. The molecule has 0 bridgehead atoms.